The maximum Gasteiger partial charge on any atom is 0.254 e. The minimum absolute atomic E-state index is 0.211. The molecule has 8 heteroatoms. The van der Waals surface area contributed by atoms with Gasteiger partial charge in [0.2, 0.25) is 0 Å². The number of alkyl halides is 1. The van der Waals surface area contributed by atoms with Gasteiger partial charge in [0.15, 0.2) is 16.2 Å². The van der Waals surface area contributed by atoms with E-state index in [1.807, 2.05) is 90.8 Å². The van der Waals surface area contributed by atoms with Crippen LogP contribution in [0.2, 0.25) is 5.02 Å². The molecule has 5 nitrogen and oxygen atoms in total. The smallest absolute Gasteiger partial charge is 0.254 e. The number of para-hydroxylation sites is 1. The van der Waals surface area contributed by atoms with E-state index in [2.05, 4.69) is 0 Å². The van der Waals surface area contributed by atoms with Crippen molar-refractivity contribution in [3.05, 3.63) is 95.0 Å². The molecule has 2 aliphatic rings. The van der Waals surface area contributed by atoms with Crippen molar-refractivity contribution in [2.75, 3.05) is 9.91 Å². The average molecular weight is 505 g/mol. The number of amides is 1. The SMILES string of the molecule is CC1=NN(c2cccc(Cl)c2)C2(/C1=C/c1ccccc1)C(Cl)C(=O)N2c1nc2ccccc2s1. The summed E-state index contributed by atoms with van der Waals surface area (Å²) in [5.74, 6) is -0.211. The lowest BCUT2D eigenvalue weighted by Crippen LogP contribution is -2.79. The van der Waals surface area contributed by atoms with Crippen molar-refractivity contribution in [2.24, 2.45) is 5.10 Å². The summed E-state index contributed by atoms with van der Waals surface area (Å²) >= 11 is 14.7. The van der Waals surface area contributed by atoms with Gasteiger partial charge in [0.05, 0.1) is 21.6 Å². The van der Waals surface area contributed by atoms with Crippen LogP contribution >= 0.6 is 34.5 Å². The number of β-lactam (4-membered cyclic amide) rings is 1. The van der Waals surface area contributed by atoms with Gasteiger partial charge < -0.3 is 0 Å². The van der Waals surface area contributed by atoms with Gasteiger partial charge in [-0.05, 0) is 48.9 Å². The second-order valence-corrected chi connectivity index (χ2v) is 10.1. The molecule has 0 radical (unpaired) electrons. The molecule has 1 amide bonds. The summed E-state index contributed by atoms with van der Waals surface area (Å²) in [6.07, 6.45) is 2.05. The van der Waals surface area contributed by atoms with Crippen molar-refractivity contribution in [1.29, 1.82) is 0 Å². The summed E-state index contributed by atoms with van der Waals surface area (Å²) < 4.78 is 0.997. The number of carbonyl (C=O) groups excluding carboxylic acids is 1. The number of hydrogen-bond donors (Lipinski definition) is 0. The molecule has 1 spiro atoms. The molecule has 4 aromatic rings. The summed E-state index contributed by atoms with van der Waals surface area (Å²) in [4.78, 5) is 19.8. The first kappa shape index (κ1) is 21.4. The van der Waals surface area contributed by atoms with Gasteiger partial charge in [-0.25, -0.2) is 9.99 Å². The van der Waals surface area contributed by atoms with Crippen LogP contribution in [0.1, 0.15) is 12.5 Å². The highest BCUT2D eigenvalue weighted by molar-refractivity contribution is 7.22. The Morgan fingerprint density at radius 3 is 2.56 bits per heavy atom. The van der Waals surface area contributed by atoms with Crippen molar-refractivity contribution < 1.29 is 4.79 Å². The zero-order chi connectivity index (χ0) is 23.4. The summed E-state index contributed by atoms with van der Waals surface area (Å²) in [7, 11) is 0. The fourth-order valence-corrected chi connectivity index (χ4v) is 6.22. The van der Waals surface area contributed by atoms with Crippen molar-refractivity contribution >= 4 is 73.3 Å². The van der Waals surface area contributed by atoms with Gasteiger partial charge in [0.1, 0.15) is 0 Å². The van der Waals surface area contributed by atoms with Crippen LogP contribution in [-0.2, 0) is 4.79 Å². The maximum atomic E-state index is 13.4. The summed E-state index contributed by atoms with van der Waals surface area (Å²) in [5.41, 5.74) is 3.11. The maximum absolute atomic E-state index is 13.4. The minimum atomic E-state index is -1.07. The number of anilines is 2. The molecule has 2 atom stereocenters. The molecule has 2 unspecified atom stereocenters. The lowest BCUT2D eigenvalue weighted by atomic mass is 9.82. The average Bonchev–Trinajstić information content (AvgIpc) is 3.40. The fraction of sp³-hybridized carbons (Fsp3) is 0.115. The van der Waals surface area contributed by atoms with Gasteiger partial charge in [-0.3, -0.25) is 9.69 Å². The fourth-order valence-electron chi connectivity index (χ4n) is 4.61. The molecule has 0 saturated carbocycles. The van der Waals surface area contributed by atoms with E-state index in [0.29, 0.717) is 10.2 Å². The van der Waals surface area contributed by atoms with Crippen LogP contribution in [0.3, 0.4) is 0 Å². The van der Waals surface area contributed by atoms with Gasteiger partial charge in [0.25, 0.3) is 5.91 Å². The quantitative estimate of drug-likeness (QED) is 0.234. The number of nitrogens with zero attached hydrogens (tertiary/aromatic N) is 4. The van der Waals surface area contributed by atoms with E-state index in [9.17, 15) is 4.79 Å². The molecule has 6 rings (SSSR count). The van der Waals surface area contributed by atoms with Gasteiger partial charge in [-0.15, -0.1) is 11.6 Å². The Bertz CT molecular complexity index is 1470. The number of rotatable bonds is 3. The minimum Gasteiger partial charge on any atom is -0.272 e. The molecule has 0 bridgehead atoms. The zero-order valence-corrected chi connectivity index (χ0v) is 20.3. The normalized spacial score (nSPS) is 23.1. The predicted octanol–water partition coefficient (Wildman–Crippen LogP) is 6.58. The van der Waals surface area contributed by atoms with E-state index in [1.165, 1.54) is 11.3 Å². The second-order valence-electron chi connectivity index (χ2n) is 8.17. The first-order valence-electron chi connectivity index (χ1n) is 10.7. The lowest BCUT2D eigenvalue weighted by molar-refractivity contribution is -0.125. The molecule has 0 aliphatic carbocycles. The standard InChI is InChI=1S/C26H18Cl2N4OS/c1-16-20(14-17-8-3-2-4-9-17)26(32(30-16)19-11-7-10-18(27)15-19)23(28)24(33)31(26)25-29-21-12-5-6-13-22(21)34-25/h2-15,23H,1H3/b20-14+. The van der Waals surface area contributed by atoms with E-state index < -0.39 is 11.0 Å². The number of benzene rings is 3. The number of hydrazone groups is 1. The van der Waals surface area contributed by atoms with Gasteiger partial charge in [-0.1, -0.05) is 71.5 Å². The van der Waals surface area contributed by atoms with Crippen LogP contribution in [0, 0.1) is 0 Å². The Balaban J connectivity index is 1.59. The van der Waals surface area contributed by atoms with Crippen molar-refractivity contribution in [1.82, 2.24) is 4.98 Å². The topological polar surface area (TPSA) is 48.8 Å². The number of fused-ring (bicyclic) bond motifs is 1. The number of carbonyl (C=O) groups is 1. The number of hydrogen-bond acceptors (Lipinski definition) is 5. The second kappa shape index (κ2) is 7.94. The molecule has 1 saturated heterocycles. The van der Waals surface area contributed by atoms with Gasteiger partial charge in [0, 0.05) is 10.6 Å². The molecular weight excluding hydrogens is 487 g/mol. The number of halogens is 2. The van der Waals surface area contributed by atoms with Crippen molar-refractivity contribution in [3.8, 4) is 0 Å². The van der Waals surface area contributed by atoms with Gasteiger partial charge in [-0.2, -0.15) is 5.10 Å². The Morgan fingerprint density at radius 2 is 1.79 bits per heavy atom. The summed E-state index contributed by atoms with van der Waals surface area (Å²) in [5, 5.41) is 6.99. The van der Waals surface area contributed by atoms with Crippen LogP contribution in [0.15, 0.2) is 89.5 Å². The zero-order valence-electron chi connectivity index (χ0n) is 18.0. The third kappa shape index (κ3) is 3.03. The van der Waals surface area contributed by atoms with Gasteiger partial charge >= 0.3 is 0 Å². The summed E-state index contributed by atoms with van der Waals surface area (Å²) in [6, 6.07) is 25.2. The molecule has 1 fully saturated rings. The van der Waals surface area contributed by atoms with E-state index in [1.54, 1.807) is 11.0 Å². The Hall–Kier alpha value is -3.19. The Morgan fingerprint density at radius 1 is 1.03 bits per heavy atom. The van der Waals surface area contributed by atoms with Crippen LogP contribution in [0.5, 0.6) is 0 Å². The van der Waals surface area contributed by atoms with Crippen LogP contribution in [0.4, 0.5) is 10.8 Å². The first-order valence-corrected chi connectivity index (χ1v) is 12.4. The Labute approximate surface area is 210 Å². The number of aromatic nitrogens is 1. The van der Waals surface area contributed by atoms with E-state index in [0.717, 1.165) is 32.8 Å². The monoisotopic (exact) mass is 504 g/mol. The van der Waals surface area contributed by atoms with E-state index in [-0.39, 0.29) is 5.91 Å². The third-order valence-electron chi connectivity index (χ3n) is 6.13. The highest BCUT2D eigenvalue weighted by Gasteiger charge is 2.69. The van der Waals surface area contributed by atoms with Crippen LogP contribution in [-0.4, -0.2) is 27.6 Å². The predicted molar refractivity (Wildman–Crippen MR) is 141 cm³/mol. The van der Waals surface area contributed by atoms with Crippen LogP contribution in [0.25, 0.3) is 16.3 Å². The first-order chi connectivity index (χ1) is 16.5. The molecule has 34 heavy (non-hydrogen) atoms. The van der Waals surface area contributed by atoms with Crippen molar-refractivity contribution in [3.63, 3.8) is 0 Å². The largest absolute Gasteiger partial charge is 0.272 e. The Kier molecular flexibility index (Phi) is 4.99. The van der Waals surface area contributed by atoms with Crippen LogP contribution < -0.4 is 9.91 Å². The molecule has 2 aliphatic heterocycles. The highest BCUT2D eigenvalue weighted by atomic mass is 35.5. The molecule has 168 valence electrons. The molecule has 0 N–H and O–H groups in total. The third-order valence-corrected chi connectivity index (χ3v) is 7.88. The highest BCUT2D eigenvalue weighted by Crippen LogP contribution is 2.54. The molecule has 1 aromatic heterocycles. The number of thiazole rings is 1. The molecule has 3 heterocycles. The molecular formula is C26H18Cl2N4OS. The van der Waals surface area contributed by atoms with E-state index >= 15 is 0 Å². The lowest BCUT2D eigenvalue weighted by Gasteiger charge is -2.55. The molecule has 3 aromatic carbocycles. The van der Waals surface area contributed by atoms with Crippen molar-refractivity contribution in [2.45, 2.75) is 18.0 Å². The summed E-state index contributed by atoms with van der Waals surface area (Å²) in [6.45, 7) is 1.93. The van der Waals surface area contributed by atoms with E-state index in [4.69, 9.17) is 33.3 Å².